The van der Waals surface area contributed by atoms with Crippen molar-refractivity contribution in [2.45, 2.75) is 0 Å². The Kier molecular flexibility index (Phi) is 3.60. The Labute approximate surface area is 108 Å². The molecule has 2 aromatic rings. The molecule has 98 valence electrons. The monoisotopic (exact) mass is 264 g/mol. The third-order valence-corrected chi connectivity index (χ3v) is 2.56. The average Bonchev–Trinajstić information content (AvgIpc) is 2.39. The smallest absolute Gasteiger partial charge is 0.445 e. The minimum Gasteiger partial charge on any atom is -0.445 e. The summed E-state index contributed by atoms with van der Waals surface area (Å²) in [5, 5.41) is 2.54. The molecular weight excluding hydrogens is 254 g/mol. The molecule has 0 saturated heterocycles. The Bertz CT molecular complexity index is 584. The highest BCUT2D eigenvalue weighted by molar-refractivity contribution is 6.73. The van der Waals surface area contributed by atoms with Crippen molar-refractivity contribution in [3.05, 3.63) is 60.2 Å². The first kappa shape index (κ1) is 13.2. The van der Waals surface area contributed by atoms with Crippen molar-refractivity contribution >= 4 is 24.0 Å². The third kappa shape index (κ3) is 3.37. The number of benzene rings is 2. The van der Waals surface area contributed by atoms with Crippen molar-refractivity contribution < 1.29 is 17.7 Å². The zero-order chi connectivity index (χ0) is 13.9. The molecule has 0 spiro atoms. The molecule has 0 aromatic heterocycles. The van der Waals surface area contributed by atoms with E-state index in [1.165, 1.54) is 12.1 Å². The van der Waals surface area contributed by atoms with E-state index >= 15 is 0 Å². The number of halogens is 3. The maximum Gasteiger partial charge on any atom is 0.509 e. The second-order valence-corrected chi connectivity index (χ2v) is 4.02. The lowest BCUT2D eigenvalue weighted by Crippen LogP contribution is -2.34. The van der Waals surface area contributed by atoms with E-state index in [9.17, 15) is 17.7 Å². The molecular formula is C13H10BF3NO-. The molecule has 0 unspecified atom stereocenters. The lowest BCUT2D eigenvalue weighted by molar-refractivity contribution is 0.102. The van der Waals surface area contributed by atoms with Gasteiger partial charge in [-0.3, -0.25) is 4.79 Å². The summed E-state index contributed by atoms with van der Waals surface area (Å²) in [5.74, 6) is -0.562. The first-order valence-electron chi connectivity index (χ1n) is 5.63. The largest absolute Gasteiger partial charge is 0.509 e. The van der Waals surface area contributed by atoms with E-state index in [1.54, 1.807) is 30.3 Å². The van der Waals surface area contributed by atoms with Crippen molar-refractivity contribution in [3.8, 4) is 0 Å². The first-order chi connectivity index (χ1) is 8.97. The Balaban J connectivity index is 2.20. The average molecular weight is 264 g/mol. The van der Waals surface area contributed by atoms with Gasteiger partial charge in [0.15, 0.2) is 0 Å². The number of rotatable bonds is 3. The fourth-order valence-corrected chi connectivity index (χ4v) is 1.61. The van der Waals surface area contributed by atoms with E-state index in [0.717, 1.165) is 12.1 Å². The van der Waals surface area contributed by atoms with Gasteiger partial charge in [-0.1, -0.05) is 36.4 Å². The summed E-state index contributed by atoms with van der Waals surface area (Å²) in [4.78, 5) is 11.8. The minimum absolute atomic E-state index is 0.0134. The fraction of sp³-hybridized carbons (Fsp3) is 0. The number of nitrogens with one attached hydrogen (secondary N) is 1. The molecule has 0 atom stereocenters. The summed E-state index contributed by atoms with van der Waals surface area (Å²) in [6, 6.07) is 13.0. The van der Waals surface area contributed by atoms with Gasteiger partial charge in [-0.25, -0.2) is 0 Å². The lowest BCUT2D eigenvalue weighted by Gasteiger charge is -2.15. The topological polar surface area (TPSA) is 29.1 Å². The van der Waals surface area contributed by atoms with Crippen LogP contribution in [0.25, 0.3) is 0 Å². The lowest BCUT2D eigenvalue weighted by atomic mass is 9.79. The molecule has 0 aliphatic rings. The van der Waals surface area contributed by atoms with Gasteiger partial charge >= 0.3 is 6.98 Å². The third-order valence-electron chi connectivity index (χ3n) is 2.56. The van der Waals surface area contributed by atoms with Gasteiger partial charge in [0.05, 0.1) is 0 Å². The minimum atomic E-state index is -5.10. The standard InChI is InChI=1S/C13H10BF3NO/c15-14(16,17)11-6-4-5-10(9-11)13(19)18-12-7-2-1-3-8-12/h1-9H,(H,18,19)/q-1. The van der Waals surface area contributed by atoms with Gasteiger partial charge in [0, 0.05) is 11.3 Å². The van der Waals surface area contributed by atoms with Crippen molar-refractivity contribution in [1.82, 2.24) is 0 Å². The number of hydrogen-bond donors (Lipinski definition) is 1. The van der Waals surface area contributed by atoms with Crippen LogP contribution in [0.4, 0.5) is 18.6 Å². The highest BCUT2D eigenvalue weighted by Gasteiger charge is 2.25. The number of hydrogen-bond acceptors (Lipinski definition) is 1. The van der Waals surface area contributed by atoms with Gasteiger partial charge in [0.2, 0.25) is 0 Å². The molecule has 0 fully saturated rings. The normalized spacial score (nSPS) is 11.1. The maximum atomic E-state index is 12.6. The van der Waals surface area contributed by atoms with Crippen LogP contribution in [-0.4, -0.2) is 12.9 Å². The van der Waals surface area contributed by atoms with Crippen molar-refractivity contribution in [2.24, 2.45) is 0 Å². The zero-order valence-corrected chi connectivity index (χ0v) is 9.82. The molecule has 0 saturated carbocycles. The fourth-order valence-electron chi connectivity index (χ4n) is 1.61. The van der Waals surface area contributed by atoms with Crippen LogP contribution in [0.15, 0.2) is 54.6 Å². The van der Waals surface area contributed by atoms with Gasteiger partial charge in [-0.05, 0) is 18.2 Å². The van der Waals surface area contributed by atoms with Gasteiger partial charge in [-0.2, -0.15) is 0 Å². The number of para-hydroxylation sites is 1. The number of anilines is 1. The second kappa shape index (κ2) is 5.18. The molecule has 0 aliphatic carbocycles. The molecule has 1 amide bonds. The highest BCUT2D eigenvalue weighted by atomic mass is 19.4. The molecule has 2 nitrogen and oxygen atoms in total. The van der Waals surface area contributed by atoms with Crippen LogP contribution in [0.5, 0.6) is 0 Å². The number of carbonyl (C=O) groups excluding carboxylic acids is 1. The van der Waals surface area contributed by atoms with Crippen LogP contribution in [0.2, 0.25) is 0 Å². The molecule has 0 bridgehead atoms. The van der Waals surface area contributed by atoms with Crippen LogP contribution in [0.3, 0.4) is 0 Å². The van der Waals surface area contributed by atoms with E-state index in [1.807, 2.05) is 0 Å². The molecule has 6 heteroatoms. The highest BCUT2D eigenvalue weighted by Crippen LogP contribution is 2.12. The van der Waals surface area contributed by atoms with Crippen LogP contribution < -0.4 is 10.8 Å². The van der Waals surface area contributed by atoms with Crippen LogP contribution >= 0.6 is 0 Å². The van der Waals surface area contributed by atoms with Crippen LogP contribution in [0.1, 0.15) is 10.4 Å². The maximum absolute atomic E-state index is 12.6. The quantitative estimate of drug-likeness (QED) is 0.848. The summed E-state index contributed by atoms with van der Waals surface area (Å²) in [5.41, 5.74) is -0.253. The van der Waals surface area contributed by atoms with Crippen molar-refractivity contribution in [2.75, 3.05) is 5.32 Å². The summed E-state index contributed by atoms with van der Waals surface area (Å²) in [6.07, 6.45) is 0. The molecule has 19 heavy (non-hydrogen) atoms. The Morgan fingerprint density at radius 3 is 2.26 bits per heavy atom. The molecule has 2 aromatic carbocycles. The van der Waals surface area contributed by atoms with E-state index in [2.05, 4.69) is 5.32 Å². The molecule has 0 heterocycles. The van der Waals surface area contributed by atoms with Gasteiger partial charge in [-0.15, -0.1) is 5.46 Å². The van der Waals surface area contributed by atoms with Gasteiger partial charge < -0.3 is 18.3 Å². The molecule has 0 radical (unpaired) electrons. The Hall–Kier alpha value is -2.24. The molecule has 0 aliphatic heterocycles. The Morgan fingerprint density at radius 1 is 0.947 bits per heavy atom. The summed E-state index contributed by atoms with van der Waals surface area (Å²) in [7, 11) is 0. The van der Waals surface area contributed by atoms with Crippen LogP contribution in [-0.2, 0) is 0 Å². The summed E-state index contributed by atoms with van der Waals surface area (Å²) in [6.45, 7) is -5.10. The zero-order valence-electron chi connectivity index (χ0n) is 9.82. The van der Waals surface area contributed by atoms with E-state index < -0.39 is 18.3 Å². The Morgan fingerprint density at radius 2 is 1.63 bits per heavy atom. The predicted molar refractivity (Wildman–Crippen MR) is 69.5 cm³/mol. The number of amides is 1. The van der Waals surface area contributed by atoms with Gasteiger partial charge in [0.25, 0.3) is 5.91 Å². The molecule has 1 N–H and O–H groups in total. The van der Waals surface area contributed by atoms with Crippen molar-refractivity contribution in [3.63, 3.8) is 0 Å². The van der Waals surface area contributed by atoms with E-state index in [0.29, 0.717) is 5.69 Å². The predicted octanol–water partition coefficient (Wildman–Crippen LogP) is 2.99. The van der Waals surface area contributed by atoms with Crippen molar-refractivity contribution in [1.29, 1.82) is 0 Å². The second-order valence-electron chi connectivity index (χ2n) is 4.02. The SMILES string of the molecule is O=C(Nc1ccccc1)c1cccc([B-](F)(F)F)c1. The summed E-state index contributed by atoms with van der Waals surface area (Å²) < 4.78 is 37.8. The first-order valence-corrected chi connectivity index (χ1v) is 5.63. The van der Waals surface area contributed by atoms with Crippen LogP contribution in [0, 0.1) is 0 Å². The van der Waals surface area contributed by atoms with E-state index in [-0.39, 0.29) is 5.56 Å². The number of carbonyl (C=O) groups is 1. The summed E-state index contributed by atoms with van der Waals surface area (Å²) >= 11 is 0. The van der Waals surface area contributed by atoms with Gasteiger partial charge in [0.1, 0.15) is 0 Å². The molecule has 2 rings (SSSR count). The van der Waals surface area contributed by atoms with E-state index in [4.69, 9.17) is 0 Å².